The highest BCUT2D eigenvalue weighted by molar-refractivity contribution is 5.75. The van der Waals surface area contributed by atoms with Crippen molar-refractivity contribution in [3.8, 4) is 0 Å². The summed E-state index contributed by atoms with van der Waals surface area (Å²) in [5.74, 6) is -4.78. The van der Waals surface area contributed by atoms with Crippen LogP contribution in [-0.2, 0) is 28.5 Å². The molecule has 2 spiro atoms. The van der Waals surface area contributed by atoms with Gasteiger partial charge in [0.15, 0.2) is 5.79 Å². The molecule has 2 aromatic heterocycles. The van der Waals surface area contributed by atoms with Gasteiger partial charge in [-0.15, -0.1) is 5.10 Å². The Labute approximate surface area is 354 Å². The molecule has 60 heavy (non-hydrogen) atoms. The predicted octanol–water partition coefficient (Wildman–Crippen LogP) is 5.05. The van der Waals surface area contributed by atoms with Gasteiger partial charge in [-0.25, -0.2) is 9.78 Å². The van der Waals surface area contributed by atoms with E-state index in [1.807, 2.05) is 47.6 Å². The molecule has 0 aromatic carbocycles. The molecule has 15 nitrogen and oxygen atoms in total. The number of hydrogen-bond donors (Lipinski definition) is 4. The van der Waals surface area contributed by atoms with Gasteiger partial charge in [-0.1, -0.05) is 48.5 Å². The van der Waals surface area contributed by atoms with E-state index in [0.29, 0.717) is 69.0 Å². The van der Waals surface area contributed by atoms with E-state index in [-0.39, 0.29) is 48.1 Å². The van der Waals surface area contributed by atoms with E-state index in [9.17, 15) is 25.2 Å². The lowest BCUT2D eigenvalue weighted by Gasteiger charge is -2.54. The van der Waals surface area contributed by atoms with Crippen molar-refractivity contribution in [3.63, 3.8) is 0 Å². The largest absolute Gasteiger partial charge is 0.392 e. The van der Waals surface area contributed by atoms with E-state index >= 15 is 0 Å². The highest BCUT2D eigenvalue weighted by Crippen LogP contribution is 2.51. The van der Waals surface area contributed by atoms with Crippen molar-refractivity contribution in [3.05, 3.63) is 30.5 Å². The SMILES string of the molecule is CC[C@@H]([C@H](O)[C@@H](C)[C@@H](O)[C@H](C)[C@H]1CCC[C@H]([C@@H](CC)C(=O)On2nnc3cccnc32)O1)[C@H]1O[C@]2(C=C[C@@H](O)[C@]3(CCC([C@H]4CC[C@](O)(CC)[C@H](C)O4)O3)O2)[C@H](C)C[C@@H]1C. The number of ether oxygens (including phenoxy) is 5. The second-order valence-electron chi connectivity index (χ2n) is 18.8. The van der Waals surface area contributed by atoms with Crippen LogP contribution < -0.4 is 4.84 Å². The van der Waals surface area contributed by atoms with Gasteiger partial charge < -0.3 is 48.9 Å². The molecule has 1 unspecified atom stereocenters. The maximum absolute atomic E-state index is 13.5. The number of aliphatic hydroxyl groups excluding tert-OH is 3. The van der Waals surface area contributed by atoms with Gasteiger partial charge in [-0.3, -0.25) is 0 Å². The fraction of sp³-hybridized carbons (Fsp3) is 0.822. The van der Waals surface area contributed by atoms with Crippen LogP contribution in [0.3, 0.4) is 0 Å². The van der Waals surface area contributed by atoms with Gasteiger partial charge in [0.25, 0.3) is 0 Å². The standard InChI is InChI=1S/C45H70N4O11/c1-9-30(42(53)59-49-41-32(47-48-49)14-13-23-46-41)34-16-12-15-33(56-34)27(6)38(51)28(7)39(52)31(10-2)40-25(4)24-26(5)44(58-40)22-19-37(50)45(60-44)21-18-36(57-45)35-17-20-43(54,11-3)29(8)55-35/h13-14,19,22-23,25-31,33-40,50-52,54H,9-12,15-18,20-21,24H2,1-8H3/t25-,26+,27+,28-,29-,30+,31-,33+,34+,35+,36?,37+,38-,39+,40-,43+,44-,45-/m0/s1. The number of fused-ring (bicyclic) bond motifs is 1. The van der Waals surface area contributed by atoms with Crippen LogP contribution in [0.4, 0.5) is 0 Å². The lowest BCUT2D eigenvalue weighted by Crippen LogP contribution is -2.62. The average molecular weight is 843 g/mol. The van der Waals surface area contributed by atoms with Crippen LogP contribution in [0.5, 0.6) is 0 Å². The van der Waals surface area contributed by atoms with Crippen LogP contribution in [0.25, 0.3) is 11.2 Å². The fourth-order valence-electron chi connectivity index (χ4n) is 11.0. The van der Waals surface area contributed by atoms with Crippen LogP contribution in [0.2, 0.25) is 0 Å². The van der Waals surface area contributed by atoms with E-state index in [4.69, 9.17) is 28.5 Å². The predicted molar refractivity (Wildman–Crippen MR) is 220 cm³/mol. The van der Waals surface area contributed by atoms with Gasteiger partial charge in [-0.05, 0) is 111 Å². The highest BCUT2D eigenvalue weighted by Gasteiger charge is 2.60. The molecule has 0 bridgehead atoms. The van der Waals surface area contributed by atoms with Gasteiger partial charge >= 0.3 is 5.97 Å². The molecule has 4 saturated heterocycles. The molecule has 5 aliphatic heterocycles. The molecule has 4 fully saturated rings. The van der Waals surface area contributed by atoms with Gasteiger partial charge in [0, 0.05) is 36.3 Å². The molecule has 336 valence electrons. The van der Waals surface area contributed by atoms with Gasteiger partial charge in [0.1, 0.15) is 11.6 Å². The summed E-state index contributed by atoms with van der Waals surface area (Å²) in [6, 6.07) is 3.48. The highest BCUT2D eigenvalue weighted by atomic mass is 16.8. The lowest BCUT2D eigenvalue weighted by molar-refractivity contribution is -0.403. The first-order chi connectivity index (χ1) is 28.6. The van der Waals surface area contributed by atoms with Crippen molar-refractivity contribution in [1.82, 2.24) is 20.1 Å². The monoisotopic (exact) mass is 843 g/mol. The molecule has 0 radical (unpaired) electrons. The molecule has 4 N–H and O–H groups in total. The third-order valence-electron chi connectivity index (χ3n) is 15.1. The summed E-state index contributed by atoms with van der Waals surface area (Å²) in [6.07, 6.45) is 7.29. The topological polar surface area (TPSA) is 197 Å². The number of carbonyl (C=O) groups is 1. The van der Waals surface area contributed by atoms with Crippen LogP contribution >= 0.6 is 0 Å². The van der Waals surface area contributed by atoms with E-state index in [1.165, 1.54) is 0 Å². The summed E-state index contributed by atoms with van der Waals surface area (Å²) < 4.78 is 33.5. The molecule has 7 rings (SSSR count). The normalized spacial score (nSPS) is 40.3. The molecule has 0 amide bonds. The Kier molecular flexibility index (Phi) is 13.8. The van der Waals surface area contributed by atoms with Gasteiger partial charge in [0.2, 0.25) is 11.4 Å². The first-order valence-corrected chi connectivity index (χ1v) is 22.8. The van der Waals surface area contributed by atoms with Gasteiger partial charge in [-0.2, -0.15) is 0 Å². The van der Waals surface area contributed by atoms with Crippen molar-refractivity contribution in [2.75, 3.05) is 0 Å². The Hall–Kier alpha value is -2.60. The summed E-state index contributed by atoms with van der Waals surface area (Å²) in [5.41, 5.74) is 0.00810. The van der Waals surface area contributed by atoms with Gasteiger partial charge in [0.05, 0.1) is 60.4 Å². The summed E-state index contributed by atoms with van der Waals surface area (Å²) in [7, 11) is 0. The summed E-state index contributed by atoms with van der Waals surface area (Å²) in [6.45, 7) is 15.9. The Morgan fingerprint density at radius 1 is 0.983 bits per heavy atom. The quantitative estimate of drug-likeness (QED) is 0.154. The number of aromatic nitrogens is 4. The van der Waals surface area contributed by atoms with E-state index in [0.717, 1.165) is 17.7 Å². The zero-order chi connectivity index (χ0) is 43.1. The van der Waals surface area contributed by atoms with Crippen molar-refractivity contribution in [2.45, 2.75) is 198 Å². The first-order valence-electron chi connectivity index (χ1n) is 22.8. The number of rotatable bonds is 13. The average Bonchev–Trinajstić information content (AvgIpc) is 3.86. The van der Waals surface area contributed by atoms with Crippen LogP contribution in [0.1, 0.15) is 126 Å². The smallest absolute Gasteiger partial charge is 0.340 e. The molecular weight excluding hydrogens is 773 g/mol. The molecular formula is C45H70N4O11. The minimum absolute atomic E-state index is 0.0675. The summed E-state index contributed by atoms with van der Waals surface area (Å²) in [5, 5.41) is 54.4. The Morgan fingerprint density at radius 3 is 2.45 bits per heavy atom. The zero-order valence-corrected chi connectivity index (χ0v) is 36.8. The van der Waals surface area contributed by atoms with Crippen LogP contribution in [-0.4, -0.2) is 119 Å². The summed E-state index contributed by atoms with van der Waals surface area (Å²) >= 11 is 0. The first kappa shape index (κ1) is 45.4. The van der Waals surface area contributed by atoms with Crippen molar-refractivity contribution in [1.29, 1.82) is 0 Å². The maximum Gasteiger partial charge on any atom is 0.340 e. The second kappa shape index (κ2) is 18.2. The second-order valence-corrected chi connectivity index (χ2v) is 18.8. The minimum Gasteiger partial charge on any atom is -0.392 e. The third kappa shape index (κ3) is 8.56. The minimum atomic E-state index is -1.32. The van der Waals surface area contributed by atoms with E-state index in [1.54, 1.807) is 24.4 Å². The van der Waals surface area contributed by atoms with Crippen molar-refractivity contribution < 1.29 is 53.7 Å². The Bertz CT molecular complexity index is 1800. The molecule has 15 heteroatoms. The van der Waals surface area contributed by atoms with E-state index < -0.39 is 65.5 Å². The Morgan fingerprint density at radius 2 is 1.73 bits per heavy atom. The fourth-order valence-corrected chi connectivity index (χ4v) is 11.0. The van der Waals surface area contributed by atoms with Crippen LogP contribution in [0, 0.1) is 35.5 Å². The molecule has 0 saturated carbocycles. The number of nitrogens with zero attached hydrogens (tertiary/aromatic N) is 4. The number of carbonyl (C=O) groups excluding carboxylic acids is 1. The molecule has 0 aliphatic carbocycles. The third-order valence-corrected chi connectivity index (χ3v) is 15.1. The Balaban J connectivity index is 0.996. The molecule has 2 aromatic rings. The number of aliphatic hydroxyl groups is 4. The van der Waals surface area contributed by atoms with Crippen molar-refractivity contribution >= 4 is 17.1 Å². The summed E-state index contributed by atoms with van der Waals surface area (Å²) in [4.78, 5) is 24.4. The van der Waals surface area contributed by atoms with Crippen molar-refractivity contribution in [2.24, 2.45) is 35.5 Å². The molecule has 7 heterocycles. The molecule has 5 aliphatic rings. The maximum atomic E-state index is 13.5. The number of hydrogen-bond acceptors (Lipinski definition) is 14. The number of pyridine rings is 1. The molecule has 18 atom stereocenters. The van der Waals surface area contributed by atoms with Crippen LogP contribution in [0.15, 0.2) is 30.5 Å². The zero-order valence-electron chi connectivity index (χ0n) is 36.8. The lowest BCUT2D eigenvalue weighted by atomic mass is 9.72. The van der Waals surface area contributed by atoms with E-state index in [2.05, 4.69) is 29.1 Å².